The first-order valence-corrected chi connectivity index (χ1v) is 13.1. The van der Waals surface area contributed by atoms with Crippen molar-refractivity contribution in [2.45, 2.75) is 18.2 Å². The Balaban J connectivity index is 1.51. The summed E-state index contributed by atoms with van der Waals surface area (Å²) >= 11 is 2.96. The van der Waals surface area contributed by atoms with Gasteiger partial charge in [0.15, 0.2) is 11.0 Å². The number of ether oxygens (including phenoxy) is 1. The zero-order valence-electron chi connectivity index (χ0n) is 20.2. The number of methoxy groups -OCH3 is 1. The third kappa shape index (κ3) is 4.79. The van der Waals surface area contributed by atoms with Crippen LogP contribution in [0.2, 0.25) is 0 Å². The zero-order chi connectivity index (χ0) is 25.2. The van der Waals surface area contributed by atoms with Gasteiger partial charge in [0.05, 0.1) is 23.5 Å². The van der Waals surface area contributed by atoms with E-state index in [1.807, 2.05) is 60.5 Å². The summed E-state index contributed by atoms with van der Waals surface area (Å²) in [5, 5.41) is 1.49. The lowest BCUT2D eigenvalue weighted by molar-refractivity contribution is -0.122. The molecule has 0 aliphatic carbocycles. The third-order valence-electron chi connectivity index (χ3n) is 6.04. The lowest BCUT2D eigenvalue weighted by Gasteiger charge is -2.17. The summed E-state index contributed by atoms with van der Waals surface area (Å²) in [6, 6.07) is 23.2. The average molecular weight is 516 g/mol. The van der Waals surface area contributed by atoms with Crippen LogP contribution in [0.25, 0.3) is 0 Å². The maximum atomic E-state index is 13.8. The Hall–Kier alpha value is -3.49. The molecule has 8 heteroatoms. The predicted octanol–water partition coefficient (Wildman–Crippen LogP) is 6.11. The molecule has 182 valence electrons. The van der Waals surface area contributed by atoms with E-state index in [0.29, 0.717) is 34.3 Å². The van der Waals surface area contributed by atoms with Gasteiger partial charge in [-0.05, 0) is 54.9 Å². The monoisotopic (exact) mass is 515 g/mol. The molecular formula is C28H25N3O3S2. The fourth-order valence-corrected chi connectivity index (χ4v) is 6.41. The number of benzene rings is 3. The van der Waals surface area contributed by atoms with Gasteiger partial charge in [-0.15, -0.1) is 0 Å². The van der Waals surface area contributed by atoms with Crippen LogP contribution >= 0.6 is 23.5 Å². The lowest BCUT2D eigenvalue weighted by atomic mass is 10.1. The molecule has 3 aromatic carbocycles. The minimum atomic E-state index is -0.0634. The molecule has 3 aromatic rings. The highest BCUT2D eigenvalue weighted by molar-refractivity contribution is 8.19. The van der Waals surface area contributed by atoms with Gasteiger partial charge in [-0.3, -0.25) is 14.5 Å². The Morgan fingerprint density at radius 1 is 1.00 bits per heavy atom. The standard InChI is InChI=1S/C28H25N3O3S2/c1-18(32)20-10-7-11-21(16-20)29-28-31(15-14-19-8-5-4-6-9-19)26(33)25(36-28)27-30(2)23-17-22(34-3)12-13-24(23)35-27/h4-13,16-17H,14-15H2,1-3H3/b27-25-,29-28?. The summed E-state index contributed by atoms with van der Waals surface area (Å²) in [6.45, 7) is 2.04. The molecular weight excluding hydrogens is 490 g/mol. The van der Waals surface area contributed by atoms with Crippen molar-refractivity contribution in [1.82, 2.24) is 4.90 Å². The number of hydrogen-bond donors (Lipinski definition) is 0. The van der Waals surface area contributed by atoms with Gasteiger partial charge in [0.1, 0.15) is 10.7 Å². The average Bonchev–Trinajstić information content (AvgIpc) is 3.38. The van der Waals surface area contributed by atoms with E-state index in [1.54, 1.807) is 35.9 Å². The number of anilines is 1. The van der Waals surface area contributed by atoms with Crippen LogP contribution in [0, 0.1) is 0 Å². The molecule has 2 aliphatic rings. The Bertz CT molecular complexity index is 1400. The maximum absolute atomic E-state index is 13.8. The van der Waals surface area contributed by atoms with Gasteiger partial charge in [0, 0.05) is 30.1 Å². The molecule has 0 bridgehead atoms. The number of carbonyl (C=O) groups is 2. The molecule has 1 saturated heterocycles. The van der Waals surface area contributed by atoms with Gasteiger partial charge in [-0.2, -0.15) is 0 Å². The summed E-state index contributed by atoms with van der Waals surface area (Å²) < 4.78 is 5.40. The van der Waals surface area contributed by atoms with Crippen LogP contribution in [0.5, 0.6) is 5.75 Å². The number of amidine groups is 1. The summed E-state index contributed by atoms with van der Waals surface area (Å²) in [5.74, 6) is 0.689. The van der Waals surface area contributed by atoms with Crippen molar-refractivity contribution in [2.24, 2.45) is 4.99 Å². The number of rotatable bonds is 6. The minimum Gasteiger partial charge on any atom is -0.497 e. The van der Waals surface area contributed by atoms with Crippen molar-refractivity contribution in [3.63, 3.8) is 0 Å². The van der Waals surface area contributed by atoms with E-state index in [4.69, 9.17) is 9.73 Å². The van der Waals surface area contributed by atoms with Crippen molar-refractivity contribution in [1.29, 1.82) is 0 Å². The number of thioether (sulfide) groups is 2. The van der Waals surface area contributed by atoms with E-state index in [2.05, 4.69) is 12.1 Å². The largest absolute Gasteiger partial charge is 0.497 e. The second kappa shape index (κ2) is 10.2. The molecule has 0 radical (unpaired) electrons. The Morgan fingerprint density at radius 3 is 2.56 bits per heavy atom. The van der Waals surface area contributed by atoms with Crippen molar-refractivity contribution < 1.29 is 14.3 Å². The predicted molar refractivity (Wildman–Crippen MR) is 147 cm³/mol. The molecule has 0 aromatic heterocycles. The fourth-order valence-electron chi connectivity index (χ4n) is 4.06. The number of nitrogens with zero attached hydrogens (tertiary/aromatic N) is 3. The molecule has 1 fully saturated rings. The van der Waals surface area contributed by atoms with E-state index in [-0.39, 0.29) is 11.7 Å². The van der Waals surface area contributed by atoms with Crippen LogP contribution < -0.4 is 9.64 Å². The van der Waals surface area contributed by atoms with Crippen LogP contribution in [0.15, 0.2) is 92.6 Å². The van der Waals surface area contributed by atoms with E-state index < -0.39 is 0 Å². The highest BCUT2D eigenvalue weighted by Gasteiger charge is 2.39. The summed E-state index contributed by atoms with van der Waals surface area (Å²) in [5.41, 5.74) is 3.40. The quantitative estimate of drug-likeness (QED) is 0.291. The number of aliphatic imine (C=N–C) groups is 1. The van der Waals surface area contributed by atoms with E-state index in [0.717, 1.165) is 26.9 Å². The van der Waals surface area contributed by atoms with E-state index >= 15 is 0 Å². The Kier molecular flexibility index (Phi) is 6.89. The highest BCUT2D eigenvalue weighted by atomic mass is 32.2. The van der Waals surface area contributed by atoms with Crippen LogP contribution in [-0.2, 0) is 11.2 Å². The fraction of sp³-hybridized carbons (Fsp3) is 0.179. The number of Topliss-reactive ketones (excluding diaryl/α,β-unsaturated/α-hetero) is 1. The summed E-state index contributed by atoms with van der Waals surface area (Å²) in [7, 11) is 3.61. The Morgan fingerprint density at radius 2 is 1.81 bits per heavy atom. The molecule has 2 heterocycles. The minimum absolute atomic E-state index is 0.0203. The topological polar surface area (TPSA) is 62.2 Å². The van der Waals surface area contributed by atoms with Gasteiger partial charge in [0.25, 0.3) is 5.91 Å². The number of fused-ring (bicyclic) bond motifs is 1. The lowest BCUT2D eigenvalue weighted by Crippen LogP contribution is -2.31. The molecule has 36 heavy (non-hydrogen) atoms. The van der Waals surface area contributed by atoms with Crippen molar-refractivity contribution in [2.75, 3.05) is 25.6 Å². The smallest absolute Gasteiger partial charge is 0.269 e. The number of carbonyl (C=O) groups excluding carboxylic acids is 2. The van der Waals surface area contributed by atoms with Crippen molar-refractivity contribution >= 4 is 51.8 Å². The molecule has 2 aliphatic heterocycles. The van der Waals surface area contributed by atoms with Gasteiger partial charge in [-0.1, -0.05) is 54.2 Å². The van der Waals surface area contributed by atoms with Crippen LogP contribution in [0.1, 0.15) is 22.8 Å². The molecule has 1 amide bonds. The molecule has 0 spiro atoms. The first-order valence-electron chi connectivity index (χ1n) is 11.5. The second-order valence-electron chi connectivity index (χ2n) is 8.42. The van der Waals surface area contributed by atoms with Crippen LogP contribution in [0.4, 0.5) is 11.4 Å². The SMILES string of the molecule is COc1ccc2c(c1)N(C)/C(=C1/SC(=Nc3cccc(C(C)=O)c3)N(CCc3ccccc3)C1=O)S2. The van der Waals surface area contributed by atoms with E-state index in [9.17, 15) is 9.59 Å². The number of ketones is 1. The molecule has 0 N–H and O–H groups in total. The van der Waals surface area contributed by atoms with Crippen molar-refractivity contribution in [3.8, 4) is 5.75 Å². The molecule has 0 unspecified atom stereocenters. The number of amides is 1. The van der Waals surface area contributed by atoms with Gasteiger partial charge < -0.3 is 9.64 Å². The van der Waals surface area contributed by atoms with Gasteiger partial charge in [-0.25, -0.2) is 4.99 Å². The Labute approximate surface area is 219 Å². The van der Waals surface area contributed by atoms with Gasteiger partial charge in [0.2, 0.25) is 0 Å². The first-order chi connectivity index (χ1) is 17.4. The summed E-state index contributed by atoms with van der Waals surface area (Å²) in [6.07, 6.45) is 0.711. The molecule has 0 saturated carbocycles. The normalized spacial score (nSPS) is 18.2. The van der Waals surface area contributed by atoms with Crippen LogP contribution in [0.3, 0.4) is 0 Å². The highest BCUT2D eigenvalue weighted by Crippen LogP contribution is 2.51. The van der Waals surface area contributed by atoms with Crippen LogP contribution in [-0.4, -0.2) is 42.5 Å². The third-order valence-corrected chi connectivity index (χ3v) is 8.47. The molecule has 6 nitrogen and oxygen atoms in total. The van der Waals surface area contributed by atoms with Gasteiger partial charge >= 0.3 is 0 Å². The summed E-state index contributed by atoms with van der Waals surface area (Å²) in [4.78, 5) is 36.0. The maximum Gasteiger partial charge on any atom is 0.269 e. The number of hydrogen-bond acceptors (Lipinski definition) is 7. The molecule has 0 atom stereocenters. The van der Waals surface area contributed by atoms with Crippen molar-refractivity contribution in [3.05, 3.63) is 93.9 Å². The first kappa shape index (κ1) is 24.2. The molecule has 5 rings (SSSR count). The second-order valence-corrected chi connectivity index (χ2v) is 10.4. The zero-order valence-corrected chi connectivity index (χ0v) is 21.9. The van der Waals surface area contributed by atoms with E-state index in [1.165, 1.54) is 18.7 Å².